The minimum Gasteiger partial charge on any atom is -0.398 e. The molecule has 20 heavy (non-hydrogen) atoms. The Bertz CT molecular complexity index is 604. The molecule has 0 radical (unpaired) electrons. The topological polar surface area (TPSA) is 92.5 Å². The third-order valence-electron chi connectivity index (χ3n) is 3.21. The molecule has 0 fully saturated rings. The maximum Gasteiger partial charge on any atom is 0.243 e. The van der Waals surface area contributed by atoms with Gasteiger partial charge in [0.05, 0.1) is 0 Å². The number of nitrogens with two attached hydrogens (primary N) is 1. The van der Waals surface area contributed by atoms with Crippen LogP contribution < -0.4 is 15.4 Å². The molecular formula is C12H18ClN3O3S. The molecule has 0 saturated heterocycles. The molecule has 0 saturated carbocycles. The van der Waals surface area contributed by atoms with Crippen LogP contribution in [0.5, 0.6) is 0 Å². The van der Waals surface area contributed by atoms with Crippen LogP contribution in [-0.4, -0.2) is 33.7 Å². The van der Waals surface area contributed by atoms with Gasteiger partial charge in [0.25, 0.3) is 0 Å². The molecule has 2 rings (SSSR count). The number of nitrogens with one attached hydrogen (secondary N) is 1. The highest BCUT2D eigenvalue weighted by atomic mass is 35.5. The van der Waals surface area contributed by atoms with Gasteiger partial charge in [-0.3, -0.25) is 4.79 Å². The van der Waals surface area contributed by atoms with E-state index in [9.17, 15) is 13.2 Å². The fourth-order valence-corrected chi connectivity index (χ4v) is 2.85. The van der Waals surface area contributed by atoms with Crippen LogP contribution in [0.4, 0.5) is 11.4 Å². The van der Waals surface area contributed by atoms with Crippen molar-refractivity contribution in [2.24, 2.45) is 0 Å². The fourth-order valence-electron chi connectivity index (χ4n) is 2.22. The van der Waals surface area contributed by atoms with Crippen molar-refractivity contribution < 1.29 is 13.2 Å². The zero-order chi connectivity index (χ0) is 14.0. The molecule has 6 nitrogen and oxygen atoms in total. The summed E-state index contributed by atoms with van der Waals surface area (Å²) in [5.74, 6) is -0.974. The van der Waals surface area contributed by atoms with Gasteiger partial charge in [0, 0.05) is 17.9 Å². The molecule has 3 N–H and O–H groups in total. The summed E-state index contributed by atoms with van der Waals surface area (Å²) in [5.41, 5.74) is 8.18. The Kier molecular flexibility index (Phi) is 5.38. The number of halogens is 1. The van der Waals surface area contributed by atoms with Gasteiger partial charge in [-0.1, -0.05) is 6.07 Å². The number of amides is 1. The average Bonchev–Trinajstić information content (AvgIpc) is 2.38. The number of hydrogen-bond acceptors (Lipinski definition) is 4. The first-order valence-corrected chi connectivity index (χ1v) is 7.69. The van der Waals surface area contributed by atoms with Crippen LogP contribution in [0.2, 0.25) is 0 Å². The van der Waals surface area contributed by atoms with E-state index in [0.29, 0.717) is 12.2 Å². The van der Waals surface area contributed by atoms with Crippen LogP contribution in [0.25, 0.3) is 0 Å². The normalized spacial score (nSPS) is 14.3. The number of nitrogens with zero attached hydrogens (tertiary/aromatic N) is 1. The van der Waals surface area contributed by atoms with Crippen molar-refractivity contribution in [3.63, 3.8) is 0 Å². The van der Waals surface area contributed by atoms with E-state index in [1.54, 1.807) is 18.2 Å². The highest BCUT2D eigenvalue weighted by Gasteiger charge is 2.26. The highest BCUT2D eigenvalue weighted by Crippen LogP contribution is 2.31. The molecule has 0 spiro atoms. The molecule has 1 aromatic carbocycles. The number of rotatable bonds is 3. The second-order valence-corrected chi connectivity index (χ2v) is 6.38. The predicted molar refractivity (Wildman–Crippen MR) is 81.6 cm³/mol. The molecule has 0 bridgehead atoms. The van der Waals surface area contributed by atoms with Gasteiger partial charge in [0.15, 0.2) is 0 Å². The Morgan fingerprint density at radius 2 is 2.15 bits per heavy atom. The van der Waals surface area contributed by atoms with E-state index in [-0.39, 0.29) is 12.4 Å². The summed E-state index contributed by atoms with van der Waals surface area (Å²) in [7, 11) is -2.26. The van der Waals surface area contributed by atoms with Crippen LogP contribution in [0.15, 0.2) is 18.2 Å². The van der Waals surface area contributed by atoms with E-state index in [4.69, 9.17) is 5.73 Å². The molecule has 1 amide bonds. The first kappa shape index (κ1) is 16.7. The Labute approximate surface area is 124 Å². The largest absolute Gasteiger partial charge is 0.398 e. The van der Waals surface area contributed by atoms with Gasteiger partial charge >= 0.3 is 0 Å². The van der Waals surface area contributed by atoms with E-state index in [2.05, 4.69) is 4.72 Å². The average molecular weight is 320 g/mol. The molecule has 1 aliphatic heterocycles. The van der Waals surface area contributed by atoms with Crippen molar-refractivity contribution in [2.45, 2.75) is 12.8 Å². The van der Waals surface area contributed by atoms with E-state index in [1.165, 1.54) is 11.9 Å². The molecule has 8 heteroatoms. The SMILES string of the molecule is CNS(=O)(=O)CC(=O)N1CCCc2c(N)cccc21.Cl. The molecular weight excluding hydrogens is 302 g/mol. The lowest BCUT2D eigenvalue weighted by molar-refractivity contribution is -0.116. The Hall–Kier alpha value is -1.31. The van der Waals surface area contributed by atoms with Crippen LogP contribution in [-0.2, 0) is 21.2 Å². The fraction of sp³-hybridized carbons (Fsp3) is 0.417. The number of sulfonamides is 1. The molecule has 1 aromatic rings. The number of nitrogen functional groups attached to an aromatic ring is 1. The smallest absolute Gasteiger partial charge is 0.243 e. The number of anilines is 2. The van der Waals surface area contributed by atoms with Crippen molar-refractivity contribution in [1.29, 1.82) is 0 Å². The molecule has 1 heterocycles. The first-order valence-electron chi connectivity index (χ1n) is 6.03. The van der Waals surface area contributed by atoms with Crippen LogP contribution in [0, 0.1) is 0 Å². The summed E-state index contributed by atoms with van der Waals surface area (Å²) in [6.07, 6.45) is 1.59. The summed E-state index contributed by atoms with van der Waals surface area (Å²) >= 11 is 0. The molecule has 1 aliphatic rings. The summed E-state index contributed by atoms with van der Waals surface area (Å²) in [5, 5.41) is 0. The van der Waals surface area contributed by atoms with Crippen molar-refractivity contribution >= 4 is 39.7 Å². The maximum atomic E-state index is 12.1. The van der Waals surface area contributed by atoms with E-state index < -0.39 is 21.7 Å². The van der Waals surface area contributed by atoms with Gasteiger partial charge in [-0.15, -0.1) is 12.4 Å². The zero-order valence-electron chi connectivity index (χ0n) is 11.1. The lowest BCUT2D eigenvalue weighted by Crippen LogP contribution is -2.41. The van der Waals surface area contributed by atoms with Crippen LogP contribution >= 0.6 is 12.4 Å². The quantitative estimate of drug-likeness (QED) is 0.794. The highest BCUT2D eigenvalue weighted by molar-refractivity contribution is 7.90. The molecule has 0 aliphatic carbocycles. The number of carbonyl (C=O) groups is 1. The van der Waals surface area contributed by atoms with Gasteiger partial charge in [-0.2, -0.15) is 0 Å². The summed E-state index contributed by atoms with van der Waals surface area (Å²) < 4.78 is 25.0. The minimum atomic E-state index is -3.55. The van der Waals surface area contributed by atoms with E-state index in [0.717, 1.165) is 24.1 Å². The minimum absolute atomic E-state index is 0. The number of benzene rings is 1. The van der Waals surface area contributed by atoms with Gasteiger partial charge < -0.3 is 10.6 Å². The second kappa shape index (κ2) is 6.43. The Balaban J connectivity index is 0.00000200. The first-order chi connectivity index (χ1) is 8.94. The summed E-state index contributed by atoms with van der Waals surface area (Å²) in [6, 6.07) is 5.36. The van der Waals surface area contributed by atoms with Gasteiger partial charge in [-0.25, -0.2) is 13.1 Å². The molecule has 0 unspecified atom stereocenters. The van der Waals surface area contributed by atoms with Crippen molar-refractivity contribution in [3.8, 4) is 0 Å². The van der Waals surface area contributed by atoms with E-state index >= 15 is 0 Å². The van der Waals surface area contributed by atoms with Crippen molar-refractivity contribution in [3.05, 3.63) is 23.8 Å². The van der Waals surface area contributed by atoms with Crippen LogP contribution in [0.1, 0.15) is 12.0 Å². The lowest BCUT2D eigenvalue weighted by Gasteiger charge is -2.30. The zero-order valence-corrected chi connectivity index (χ0v) is 12.8. The van der Waals surface area contributed by atoms with Gasteiger partial charge in [0.1, 0.15) is 5.75 Å². The number of carbonyl (C=O) groups excluding carboxylic acids is 1. The molecule has 112 valence electrons. The van der Waals surface area contributed by atoms with Crippen LogP contribution in [0.3, 0.4) is 0 Å². The van der Waals surface area contributed by atoms with Crippen molar-refractivity contribution in [1.82, 2.24) is 4.72 Å². The maximum absolute atomic E-state index is 12.1. The summed E-state index contributed by atoms with van der Waals surface area (Å²) in [4.78, 5) is 13.6. The second-order valence-electron chi connectivity index (χ2n) is 4.46. The standard InChI is InChI=1S/C12H17N3O3S.ClH/c1-14-19(17,18)8-12(16)15-7-3-4-9-10(13)5-2-6-11(9)15;/h2,5-6,14H,3-4,7-8,13H2,1H3;1H. The third kappa shape index (κ3) is 3.41. The predicted octanol–water partition coefficient (Wildman–Crippen LogP) is 0.519. The Morgan fingerprint density at radius 3 is 2.80 bits per heavy atom. The number of fused-ring (bicyclic) bond motifs is 1. The Morgan fingerprint density at radius 1 is 1.45 bits per heavy atom. The number of hydrogen-bond donors (Lipinski definition) is 2. The van der Waals surface area contributed by atoms with Crippen molar-refractivity contribution in [2.75, 3.05) is 30.0 Å². The lowest BCUT2D eigenvalue weighted by atomic mass is 10.00. The monoisotopic (exact) mass is 319 g/mol. The molecule has 0 aromatic heterocycles. The summed E-state index contributed by atoms with van der Waals surface area (Å²) in [6.45, 7) is 0.522. The third-order valence-corrected chi connectivity index (χ3v) is 4.46. The molecule has 0 atom stereocenters. The van der Waals surface area contributed by atoms with E-state index in [1.807, 2.05) is 0 Å². The van der Waals surface area contributed by atoms with Gasteiger partial charge in [0.2, 0.25) is 15.9 Å². The van der Waals surface area contributed by atoms with Gasteiger partial charge in [-0.05, 0) is 37.6 Å².